The Morgan fingerprint density at radius 2 is 1.92 bits per heavy atom. The Balaban J connectivity index is 1.39. The summed E-state index contributed by atoms with van der Waals surface area (Å²) in [6.45, 7) is 0.275. The second-order valence-electron chi connectivity index (χ2n) is 5.66. The molecule has 0 radical (unpaired) electrons. The highest BCUT2D eigenvalue weighted by Crippen LogP contribution is 2.32. The minimum Gasteiger partial charge on any atom is -0.454 e. The van der Waals surface area contributed by atoms with E-state index in [1.54, 1.807) is 24.3 Å². The van der Waals surface area contributed by atoms with Crippen LogP contribution in [-0.2, 0) is 17.9 Å². The molecule has 0 unspecified atom stereocenters. The smallest absolute Gasteiger partial charge is 0.437 e. The zero-order chi connectivity index (χ0) is 17.9. The summed E-state index contributed by atoms with van der Waals surface area (Å²) in [5.74, 6) is 0.485. The van der Waals surface area contributed by atoms with Crippen LogP contribution >= 0.6 is 0 Å². The van der Waals surface area contributed by atoms with Gasteiger partial charge in [-0.05, 0) is 29.8 Å². The maximum Gasteiger partial charge on any atom is 0.437 e. The molecule has 0 aliphatic carbocycles. The molecule has 1 aromatic heterocycles. The number of fused-ring (bicyclic) bond motifs is 1. The summed E-state index contributed by atoms with van der Waals surface area (Å²) in [5, 5.41) is 6.80. The summed E-state index contributed by atoms with van der Waals surface area (Å²) >= 11 is 0. The number of carbonyl (C=O) groups excluding carboxylic acids is 1. The van der Waals surface area contributed by atoms with E-state index in [1.807, 2.05) is 24.3 Å². The van der Waals surface area contributed by atoms with Gasteiger partial charge in [0.05, 0.1) is 0 Å². The maximum absolute atomic E-state index is 12.1. The minimum atomic E-state index is -0.679. The number of amides is 1. The van der Waals surface area contributed by atoms with Crippen molar-refractivity contribution in [1.29, 1.82) is 0 Å². The lowest BCUT2D eigenvalue weighted by atomic mass is 10.2. The van der Waals surface area contributed by atoms with E-state index in [2.05, 4.69) is 10.4 Å². The highest BCUT2D eigenvalue weighted by molar-refractivity contribution is 5.75. The quantitative estimate of drug-likeness (QED) is 0.748. The van der Waals surface area contributed by atoms with E-state index >= 15 is 0 Å². The predicted octanol–water partition coefficient (Wildman–Crippen LogP) is 1.55. The molecule has 1 N–H and O–H groups in total. The molecule has 2 heterocycles. The minimum absolute atomic E-state index is 0.180. The van der Waals surface area contributed by atoms with Gasteiger partial charge >= 0.3 is 5.76 Å². The van der Waals surface area contributed by atoms with Crippen molar-refractivity contribution >= 4 is 5.91 Å². The van der Waals surface area contributed by atoms with E-state index in [4.69, 9.17) is 13.9 Å². The van der Waals surface area contributed by atoms with Crippen molar-refractivity contribution in [2.24, 2.45) is 0 Å². The first kappa shape index (κ1) is 15.9. The highest BCUT2D eigenvalue weighted by atomic mass is 16.7. The first-order valence-corrected chi connectivity index (χ1v) is 7.97. The van der Waals surface area contributed by atoms with Gasteiger partial charge in [0.1, 0.15) is 6.54 Å². The zero-order valence-corrected chi connectivity index (χ0v) is 13.7. The second-order valence-corrected chi connectivity index (χ2v) is 5.66. The summed E-state index contributed by atoms with van der Waals surface area (Å²) in [6.07, 6.45) is 0. The van der Waals surface area contributed by atoms with Crippen LogP contribution in [0.4, 0.5) is 0 Å². The number of carbonyl (C=O) groups is 1. The third-order valence-corrected chi connectivity index (χ3v) is 3.85. The molecular weight excluding hydrogens is 338 g/mol. The molecule has 26 heavy (non-hydrogen) atoms. The van der Waals surface area contributed by atoms with Crippen molar-refractivity contribution in [3.05, 3.63) is 64.6 Å². The van der Waals surface area contributed by atoms with Crippen molar-refractivity contribution in [1.82, 2.24) is 15.1 Å². The summed E-state index contributed by atoms with van der Waals surface area (Å²) in [5.41, 5.74) is 1.53. The van der Waals surface area contributed by atoms with E-state index in [9.17, 15) is 9.59 Å². The number of ether oxygens (including phenoxy) is 2. The van der Waals surface area contributed by atoms with Crippen LogP contribution in [-0.4, -0.2) is 22.5 Å². The van der Waals surface area contributed by atoms with Gasteiger partial charge < -0.3 is 19.2 Å². The van der Waals surface area contributed by atoms with Crippen LogP contribution in [0.25, 0.3) is 11.5 Å². The van der Waals surface area contributed by atoms with Gasteiger partial charge in [0, 0.05) is 12.1 Å². The lowest BCUT2D eigenvalue weighted by Crippen LogP contribution is -2.31. The second kappa shape index (κ2) is 6.75. The van der Waals surface area contributed by atoms with Crippen LogP contribution in [0.3, 0.4) is 0 Å². The number of nitrogens with one attached hydrogen (secondary N) is 1. The Kier molecular flexibility index (Phi) is 4.14. The molecule has 0 atom stereocenters. The van der Waals surface area contributed by atoms with Crippen LogP contribution in [0.1, 0.15) is 5.56 Å². The maximum atomic E-state index is 12.1. The van der Waals surface area contributed by atoms with Gasteiger partial charge in [-0.3, -0.25) is 4.79 Å². The summed E-state index contributed by atoms with van der Waals surface area (Å²) in [6, 6.07) is 14.5. The summed E-state index contributed by atoms with van der Waals surface area (Å²) < 4.78 is 16.6. The van der Waals surface area contributed by atoms with Crippen LogP contribution in [0.2, 0.25) is 0 Å². The van der Waals surface area contributed by atoms with E-state index in [-0.39, 0.29) is 25.1 Å². The van der Waals surface area contributed by atoms with Gasteiger partial charge in [-0.1, -0.05) is 24.3 Å². The number of rotatable bonds is 5. The van der Waals surface area contributed by atoms with Crippen LogP contribution in [0.15, 0.2) is 57.7 Å². The highest BCUT2D eigenvalue weighted by Gasteiger charge is 2.15. The fourth-order valence-electron chi connectivity index (χ4n) is 2.55. The predicted molar refractivity (Wildman–Crippen MR) is 90.6 cm³/mol. The van der Waals surface area contributed by atoms with Crippen LogP contribution in [0.5, 0.6) is 11.5 Å². The Bertz CT molecular complexity index is 994. The van der Waals surface area contributed by atoms with Gasteiger partial charge in [0.15, 0.2) is 11.5 Å². The molecule has 0 saturated heterocycles. The van der Waals surface area contributed by atoms with Gasteiger partial charge in [-0.2, -0.15) is 4.68 Å². The number of aromatic nitrogens is 2. The van der Waals surface area contributed by atoms with E-state index in [1.165, 1.54) is 0 Å². The first-order valence-electron chi connectivity index (χ1n) is 7.97. The van der Waals surface area contributed by atoms with Crippen LogP contribution in [0, 0.1) is 0 Å². The molecule has 1 aliphatic heterocycles. The molecule has 0 bridgehead atoms. The normalized spacial score (nSPS) is 12.2. The lowest BCUT2D eigenvalue weighted by Gasteiger charge is -2.05. The lowest BCUT2D eigenvalue weighted by molar-refractivity contribution is -0.122. The average molecular weight is 353 g/mol. The van der Waals surface area contributed by atoms with Crippen LogP contribution < -0.4 is 20.5 Å². The fraction of sp³-hybridized carbons (Fsp3) is 0.167. The Labute approximate surface area is 148 Å². The first-order chi connectivity index (χ1) is 12.7. The molecule has 8 nitrogen and oxygen atoms in total. The molecule has 1 aliphatic rings. The topological polar surface area (TPSA) is 95.6 Å². The van der Waals surface area contributed by atoms with Crippen molar-refractivity contribution < 1.29 is 18.7 Å². The van der Waals surface area contributed by atoms with Crippen molar-refractivity contribution in [3.63, 3.8) is 0 Å². The van der Waals surface area contributed by atoms with E-state index < -0.39 is 5.76 Å². The molecule has 4 rings (SSSR count). The molecule has 2 aromatic carbocycles. The number of hydrogen-bond acceptors (Lipinski definition) is 6. The van der Waals surface area contributed by atoms with Gasteiger partial charge in [-0.25, -0.2) is 4.79 Å². The third kappa shape index (κ3) is 3.30. The Morgan fingerprint density at radius 1 is 1.12 bits per heavy atom. The van der Waals surface area contributed by atoms with Gasteiger partial charge in [-0.15, -0.1) is 5.10 Å². The number of hydrogen-bond donors (Lipinski definition) is 1. The fourth-order valence-corrected chi connectivity index (χ4v) is 2.55. The van der Waals surface area contributed by atoms with Crippen molar-refractivity contribution in [3.8, 4) is 23.0 Å². The monoisotopic (exact) mass is 353 g/mol. The Morgan fingerprint density at radius 3 is 2.77 bits per heavy atom. The average Bonchev–Trinajstić information content (AvgIpc) is 3.27. The number of nitrogens with zero attached hydrogens (tertiary/aromatic N) is 2. The Hall–Kier alpha value is -3.55. The van der Waals surface area contributed by atoms with E-state index in [0.29, 0.717) is 23.6 Å². The largest absolute Gasteiger partial charge is 0.454 e. The SMILES string of the molecule is O=C(Cn1nc(-c2ccccc2)oc1=O)NCc1ccc2c(c1)OCO2. The molecule has 132 valence electrons. The summed E-state index contributed by atoms with van der Waals surface area (Å²) in [7, 11) is 0. The number of benzene rings is 2. The molecule has 1 amide bonds. The molecule has 0 fully saturated rings. The molecule has 8 heteroatoms. The van der Waals surface area contributed by atoms with E-state index in [0.717, 1.165) is 10.2 Å². The molecule has 3 aromatic rings. The van der Waals surface area contributed by atoms with Gasteiger partial charge in [0.2, 0.25) is 18.6 Å². The standard InChI is InChI=1S/C18H15N3O5/c22-16(19-9-12-6-7-14-15(8-12)25-11-24-14)10-21-18(23)26-17(20-21)13-4-2-1-3-5-13/h1-8H,9-11H2,(H,19,22). The van der Waals surface area contributed by atoms with Crippen molar-refractivity contribution in [2.75, 3.05) is 6.79 Å². The summed E-state index contributed by atoms with van der Waals surface area (Å²) in [4.78, 5) is 24.0. The van der Waals surface area contributed by atoms with Crippen molar-refractivity contribution in [2.45, 2.75) is 13.1 Å². The molecule has 0 saturated carbocycles. The third-order valence-electron chi connectivity index (χ3n) is 3.85. The molecule has 0 spiro atoms. The van der Waals surface area contributed by atoms with Gasteiger partial charge in [0.25, 0.3) is 0 Å². The molecular formula is C18H15N3O5. The zero-order valence-electron chi connectivity index (χ0n) is 13.7.